The molecule has 3 aromatic rings. The number of fused-ring (bicyclic) bond motifs is 1. The molecule has 0 unspecified atom stereocenters. The third-order valence-electron chi connectivity index (χ3n) is 4.02. The van der Waals surface area contributed by atoms with E-state index in [1.165, 1.54) is 0 Å². The Morgan fingerprint density at radius 3 is 2.81 bits per heavy atom. The molecule has 0 saturated carbocycles. The first kappa shape index (κ1) is 16.9. The predicted molar refractivity (Wildman–Crippen MR) is 100 cm³/mol. The molecule has 0 bridgehead atoms. The van der Waals surface area contributed by atoms with Gasteiger partial charge in [-0.3, -0.25) is 9.67 Å². The van der Waals surface area contributed by atoms with Gasteiger partial charge in [-0.1, -0.05) is 11.6 Å². The second-order valence-electron chi connectivity index (χ2n) is 5.81. The average molecular weight is 390 g/mol. The molecule has 1 aliphatic heterocycles. The number of halogens is 1. The molecule has 0 aliphatic carbocycles. The molecule has 8 heteroatoms. The summed E-state index contributed by atoms with van der Waals surface area (Å²) in [6.07, 6.45) is 0. The number of aromatic nitrogens is 3. The van der Waals surface area contributed by atoms with Gasteiger partial charge in [-0.05, 0) is 55.0 Å². The third-order valence-corrected chi connectivity index (χ3v) is 4.53. The minimum atomic E-state index is 0.254. The van der Waals surface area contributed by atoms with Gasteiger partial charge in [0.2, 0.25) is 0 Å². The third kappa shape index (κ3) is 3.27. The number of nitrogens with zero attached hydrogens (tertiary/aromatic N) is 2. The standard InChI is InChI=1S/C18H16ClN3O3S/c1-11-8-12(19)2-4-14(11)25-10-17-20-21-18(26)22(17)13-3-5-15-16(9-13)24-7-6-23-15/h2-5,8-9H,6-7,10H2,1H3,(H,21,26). The van der Waals surface area contributed by atoms with Crippen LogP contribution in [0.25, 0.3) is 5.69 Å². The molecule has 1 N–H and O–H groups in total. The van der Waals surface area contributed by atoms with E-state index in [-0.39, 0.29) is 6.61 Å². The summed E-state index contributed by atoms with van der Waals surface area (Å²) in [6, 6.07) is 11.2. The maximum atomic E-state index is 5.99. The molecule has 2 heterocycles. The first-order valence-electron chi connectivity index (χ1n) is 8.07. The van der Waals surface area contributed by atoms with Crippen LogP contribution in [-0.2, 0) is 6.61 Å². The van der Waals surface area contributed by atoms with E-state index < -0.39 is 0 Å². The Labute approximate surface area is 160 Å². The highest BCUT2D eigenvalue weighted by molar-refractivity contribution is 7.71. The van der Waals surface area contributed by atoms with Gasteiger partial charge in [0.05, 0.1) is 5.69 Å². The van der Waals surface area contributed by atoms with Gasteiger partial charge in [-0.15, -0.1) is 0 Å². The number of H-pyrrole nitrogens is 1. The van der Waals surface area contributed by atoms with Crippen molar-refractivity contribution in [1.29, 1.82) is 0 Å². The lowest BCUT2D eigenvalue weighted by Crippen LogP contribution is -2.15. The van der Waals surface area contributed by atoms with Gasteiger partial charge < -0.3 is 14.2 Å². The van der Waals surface area contributed by atoms with Crippen molar-refractivity contribution >= 4 is 23.8 Å². The number of rotatable bonds is 4. The molecule has 134 valence electrons. The van der Waals surface area contributed by atoms with Gasteiger partial charge >= 0.3 is 0 Å². The number of benzene rings is 2. The number of nitrogens with one attached hydrogen (secondary N) is 1. The highest BCUT2D eigenvalue weighted by Gasteiger charge is 2.15. The Morgan fingerprint density at radius 1 is 1.19 bits per heavy atom. The van der Waals surface area contributed by atoms with E-state index in [0.29, 0.717) is 34.6 Å². The summed E-state index contributed by atoms with van der Waals surface area (Å²) in [4.78, 5) is 0. The summed E-state index contributed by atoms with van der Waals surface area (Å²) in [7, 11) is 0. The SMILES string of the molecule is Cc1cc(Cl)ccc1OCc1n[nH]c(=S)n1-c1ccc2c(c1)OCCO2. The quantitative estimate of drug-likeness (QED) is 0.676. The minimum absolute atomic E-state index is 0.254. The van der Waals surface area contributed by atoms with Crippen molar-refractivity contribution < 1.29 is 14.2 Å². The molecule has 4 rings (SSSR count). The molecule has 0 amide bonds. The molecule has 0 spiro atoms. The Kier molecular flexibility index (Phi) is 4.57. The minimum Gasteiger partial charge on any atom is -0.486 e. The summed E-state index contributed by atoms with van der Waals surface area (Å²) < 4.78 is 19.4. The molecule has 2 aromatic carbocycles. The molecule has 26 heavy (non-hydrogen) atoms. The number of hydrogen-bond donors (Lipinski definition) is 1. The first-order chi connectivity index (χ1) is 12.6. The van der Waals surface area contributed by atoms with Crippen LogP contribution in [0.15, 0.2) is 36.4 Å². The highest BCUT2D eigenvalue weighted by Crippen LogP contribution is 2.32. The van der Waals surface area contributed by atoms with Crippen LogP contribution in [0.2, 0.25) is 5.02 Å². The Balaban J connectivity index is 1.62. The second kappa shape index (κ2) is 7.01. The van der Waals surface area contributed by atoms with Crippen molar-refractivity contribution in [3.05, 3.63) is 57.6 Å². The monoisotopic (exact) mass is 389 g/mol. The average Bonchev–Trinajstić information content (AvgIpc) is 3.01. The van der Waals surface area contributed by atoms with Crippen molar-refractivity contribution in [3.8, 4) is 22.9 Å². The molecular formula is C18H16ClN3O3S. The van der Waals surface area contributed by atoms with Crippen LogP contribution >= 0.6 is 23.8 Å². The zero-order valence-electron chi connectivity index (χ0n) is 14.0. The van der Waals surface area contributed by atoms with E-state index in [2.05, 4.69) is 10.2 Å². The lowest BCUT2D eigenvalue weighted by Gasteiger charge is -2.19. The van der Waals surface area contributed by atoms with Crippen molar-refractivity contribution in [2.24, 2.45) is 0 Å². The first-order valence-corrected chi connectivity index (χ1v) is 8.86. The van der Waals surface area contributed by atoms with E-state index in [9.17, 15) is 0 Å². The summed E-state index contributed by atoms with van der Waals surface area (Å²) in [5.41, 5.74) is 1.79. The van der Waals surface area contributed by atoms with E-state index in [0.717, 1.165) is 22.7 Å². The second-order valence-corrected chi connectivity index (χ2v) is 6.63. The van der Waals surface area contributed by atoms with E-state index >= 15 is 0 Å². The fraction of sp³-hybridized carbons (Fsp3) is 0.222. The summed E-state index contributed by atoms with van der Waals surface area (Å²) >= 11 is 11.4. The smallest absolute Gasteiger partial charge is 0.199 e. The number of hydrogen-bond acceptors (Lipinski definition) is 5. The van der Waals surface area contributed by atoms with Crippen LogP contribution in [0.4, 0.5) is 0 Å². The topological polar surface area (TPSA) is 61.3 Å². The molecular weight excluding hydrogens is 374 g/mol. The fourth-order valence-electron chi connectivity index (χ4n) is 2.78. The predicted octanol–water partition coefficient (Wildman–Crippen LogP) is 4.24. The van der Waals surface area contributed by atoms with Gasteiger partial charge in [0.25, 0.3) is 0 Å². The molecule has 1 aliphatic rings. The van der Waals surface area contributed by atoms with Crippen LogP contribution in [0.3, 0.4) is 0 Å². The number of aromatic amines is 1. The van der Waals surface area contributed by atoms with Gasteiger partial charge in [0.15, 0.2) is 22.1 Å². The van der Waals surface area contributed by atoms with Crippen molar-refractivity contribution in [3.63, 3.8) is 0 Å². The number of aryl methyl sites for hydroxylation is 1. The maximum absolute atomic E-state index is 5.99. The van der Waals surface area contributed by atoms with Crippen LogP contribution in [0, 0.1) is 11.7 Å². The normalized spacial score (nSPS) is 12.8. The summed E-state index contributed by atoms with van der Waals surface area (Å²) in [5.74, 6) is 2.82. The van der Waals surface area contributed by atoms with Gasteiger partial charge in [0.1, 0.15) is 25.6 Å². The van der Waals surface area contributed by atoms with Gasteiger partial charge in [-0.2, -0.15) is 5.10 Å². The molecule has 1 aromatic heterocycles. The molecule has 0 radical (unpaired) electrons. The van der Waals surface area contributed by atoms with Crippen LogP contribution in [0.1, 0.15) is 11.4 Å². The number of ether oxygens (including phenoxy) is 3. The van der Waals surface area contributed by atoms with Crippen molar-refractivity contribution in [2.75, 3.05) is 13.2 Å². The zero-order chi connectivity index (χ0) is 18.1. The Morgan fingerprint density at radius 2 is 2.00 bits per heavy atom. The van der Waals surface area contributed by atoms with E-state index in [1.54, 1.807) is 6.07 Å². The van der Waals surface area contributed by atoms with Crippen LogP contribution < -0.4 is 14.2 Å². The molecule has 0 saturated heterocycles. The van der Waals surface area contributed by atoms with Gasteiger partial charge in [-0.25, -0.2) is 0 Å². The molecule has 0 fully saturated rings. The van der Waals surface area contributed by atoms with Crippen LogP contribution in [0.5, 0.6) is 17.2 Å². The largest absolute Gasteiger partial charge is 0.486 e. The fourth-order valence-corrected chi connectivity index (χ4v) is 3.26. The lowest BCUT2D eigenvalue weighted by atomic mass is 10.2. The Bertz CT molecular complexity index is 1020. The summed E-state index contributed by atoms with van der Waals surface area (Å²) in [6.45, 7) is 3.28. The molecule has 6 nitrogen and oxygen atoms in total. The summed E-state index contributed by atoms with van der Waals surface area (Å²) in [5, 5.41) is 7.78. The van der Waals surface area contributed by atoms with E-state index in [1.807, 2.05) is 41.8 Å². The highest BCUT2D eigenvalue weighted by atomic mass is 35.5. The van der Waals surface area contributed by atoms with Crippen molar-refractivity contribution in [2.45, 2.75) is 13.5 Å². The molecule has 0 atom stereocenters. The van der Waals surface area contributed by atoms with Crippen molar-refractivity contribution in [1.82, 2.24) is 14.8 Å². The van der Waals surface area contributed by atoms with E-state index in [4.69, 9.17) is 38.0 Å². The lowest BCUT2D eigenvalue weighted by molar-refractivity contribution is 0.171. The zero-order valence-corrected chi connectivity index (χ0v) is 15.6. The van der Waals surface area contributed by atoms with Gasteiger partial charge in [0, 0.05) is 11.1 Å². The Hall–Kier alpha value is -2.51. The maximum Gasteiger partial charge on any atom is 0.199 e. The van der Waals surface area contributed by atoms with Crippen LogP contribution in [-0.4, -0.2) is 28.0 Å².